The maximum absolute atomic E-state index is 13.4. The van der Waals surface area contributed by atoms with Gasteiger partial charge in [-0.1, -0.05) is 0 Å². The number of benzene rings is 1. The maximum Gasteiger partial charge on any atom is 0.235 e. The summed E-state index contributed by atoms with van der Waals surface area (Å²) >= 11 is 0. The van der Waals surface area contributed by atoms with E-state index < -0.39 is 15.8 Å². The summed E-state index contributed by atoms with van der Waals surface area (Å²) in [5, 5.41) is 9.03. The second-order valence-corrected chi connectivity index (χ2v) is 5.95. The molecule has 100 valence electrons. The smallest absolute Gasteiger partial charge is 0.235 e. The van der Waals surface area contributed by atoms with Gasteiger partial charge in [-0.3, -0.25) is 4.72 Å². The van der Waals surface area contributed by atoms with Crippen molar-refractivity contribution in [3.8, 4) is 5.75 Å². The molecule has 1 unspecified atom stereocenters. The third-order valence-electron chi connectivity index (χ3n) is 2.65. The molecule has 1 aliphatic rings. The van der Waals surface area contributed by atoms with Crippen molar-refractivity contribution in [1.82, 2.24) is 0 Å². The van der Waals surface area contributed by atoms with Crippen LogP contribution in [0.2, 0.25) is 0 Å². The molecule has 18 heavy (non-hydrogen) atoms. The molecular formula is C11H14FNO4S. The minimum Gasteiger partial charge on any atom is -0.508 e. The number of halogens is 1. The minimum atomic E-state index is -3.65. The molecule has 0 spiro atoms. The van der Waals surface area contributed by atoms with Crippen molar-refractivity contribution in [2.75, 3.05) is 17.1 Å². The molecule has 2 N–H and O–H groups in total. The second kappa shape index (κ2) is 5.11. The molecule has 1 atom stereocenters. The molecule has 1 aromatic rings. The fraction of sp³-hybridized carbons (Fsp3) is 0.455. The van der Waals surface area contributed by atoms with Gasteiger partial charge in [-0.2, -0.15) is 0 Å². The van der Waals surface area contributed by atoms with E-state index in [0.29, 0.717) is 13.0 Å². The number of phenols is 1. The first-order valence-electron chi connectivity index (χ1n) is 5.57. The molecule has 1 saturated heterocycles. The van der Waals surface area contributed by atoms with Crippen molar-refractivity contribution in [3.05, 3.63) is 24.0 Å². The van der Waals surface area contributed by atoms with Crippen LogP contribution in [0.25, 0.3) is 0 Å². The average molecular weight is 275 g/mol. The molecule has 5 nitrogen and oxygen atoms in total. The molecule has 1 fully saturated rings. The van der Waals surface area contributed by atoms with E-state index in [4.69, 9.17) is 9.84 Å². The van der Waals surface area contributed by atoms with Gasteiger partial charge < -0.3 is 9.84 Å². The number of anilines is 1. The number of nitrogens with one attached hydrogen (secondary N) is 1. The Morgan fingerprint density at radius 1 is 1.50 bits per heavy atom. The van der Waals surface area contributed by atoms with Gasteiger partial charge in [0.05, 0.1) is 17.5 Å². The lowest BCUT2D eigenvalue weighted by atomic mass is 10.3. The van der Waals surface area contributed by atoms with E-state index in [0.717, 1.165) is 12.5 Å². The predicted octanol–water partition coefficient (Wildman–Crippen LogP) is 1.45. The first-order valence-corrected chi connectivity index (χ1v) is 7.22. The summed E-state index contributed by atoms with van der Waals surface area (Å²) in [5.74, 6) is -1.26. The highest BCUT2D eigenvalue weighted by Crippen LogP contribution is 2.21. The number of sulfonamides is 1. The van der Waals surface area contributed by atoms with Crippen LogP contribution in [0.3, 0.4) is 0 Å². The lowest BCUT2D eigenvalue weighted by Gasteiger charge is -2.12. The number of hydrogen-bond acceptors (Lipinski definition) is 4. The standard InChI is InChI=1S/C11H14FNO4S/c12-10-6-8(14)3-4-11(10)13-18(15,16)7-9-2-1-5-17-9/h3-4,6,9,13-14H,1-2,5,7H2. The van der Waals surface area contributed by atoms with Crippen molar-refractivity contribution in [2.24, 2.45) is 0 Å². The summed E-state index contributed by atoms with van der Waals surface area (Å²) < 4.78 is 44.3. The summed E-state index contributed by atoms with van der Waals surface area (Å²) in [6.07, 6.45) is 1.20. The Hall–Kier alpha value is -1.34. The highest BCUT2D eigenvalue weighted by atomic mass is 32.2. The molecule has 1 aromatic carbocycles. The Morgan fingerprint density at radius 3 is 2.89 bits per heavy atom. The quantitative estimate of drug-likeness (QED) is 0.816. The molecule has 0 radical (unpaired) electrons. The number of phenolic OH excluding ortho intramolecular Hbond substituents is 1. The third kappa shape index (κ3) is 3.33. The van der Waals surface area contributed by atoms with Crippen LogP contribution in [0.15, 0.2) is 18.2 Å². The van der Waals surface area contributed by atoms with Gasteiger partial charge in [-0.15, -0.1) is 0 Å². The number of ether oxygens (including phenoxy) is 1. The van der Waals surface area contributed by atoms with Gasteiger partial charge in [-0.05, 0) is 25.0 Å². The zero-order valence-electron chi connectivity index (χ0n) is 9.60. The summed E-state index contributed by atoms with van der Waals surface area (Å²) in [6, 6.07) is 3.24. The molecular weight excluding hydrogens is 261 g/mol. The van der Waals surface area contributed by atoms with Gasteiger partial charge in [-0.25, -0.2) is 12.8 Å². The second-order valence-electron chi connectivity index (χ2n) is 4.18. The zero-order valence-corrected chi connectivity index (χ0v) is 10.4. The Morgan fingerprint density at radius 2 is 2.28 bits per heavy atom. The number of aromatic hydroxyl groups is 1. The van der Waals surface area contributed by atoms with Gasteiger partial charge in [0.1, 0.15) is 5.75 Å². The van der Waals surface area contributed by atoms with Crippen molar-refractivity contribution < 1.29 is 22.7 Å². The molecule has 0 saturated carbocycles. The Labute approximate surface area is 105 Å². The normalized spacial score (nSPS) is 19.9. The molecule has 1 heterocycles. The highest BCUT2D eigenvalue weighted by molar-refractivity contribution is 7.92. The van der Waals surface area contributed by atoms with E-state index in [-0.39, 0.29) is 23.3 Å². The van der Waals surface area contributed by atoms with Crippen LogP contribution in [0.4, 0.5) is 10.1 Å². The Kier molecular flexibility index (Phi) is 3.72. The fourth-order valence-electron chi connectivity index (χ4n) is 1.82. The molecule has 0 amide bonds. The van der Waals surface area contributed by atoms with Gasteiger partial charge >= 0.3 is 0 Å². The Balaban J connectivity index is 2.07. The van der Waals surface area contributed by atoms with E-state index in [9.17, 15) is 12.8 Å². The van der Waals surface area contributed by atoms with Crippen LogP contribution < -0.4 is 4.72 Å². The predicted molar refractivity (Wildman–Crippen MR) is 64.4 cm³/mol. The topological polar surface area (TPSA) is 75.6 Å². The van der Waals surface area contributed by atoms with Gasteiger partial charge in [0.25, 0.3) is 0 Å². The highest BCUT2D eigenvalue weighted by Gasteiger charge is 2.24. The summed E-state index contributed by atoms with van der Waals surface area (Å²) in [6.45, 7) is 0.563. The lowest BCUT2D eigenvalue weighted by Crippen LogP contribution is -2.26. The van der Waals surface area contributed by atoms with Crippen molar-refractivity contribution in [1.29, 1.82) is 0 Å². The van der Waals surface area contributed by atoms with Crippen molar-refractivity contribution >= 4 is 15.7 Å². The van der Waals surface area contributed by atoms with Crippen LogP contribution in [0.1, 0.15) is 12.8 Å². The molecule has 2 rings (SSSR count). The first-order chi connectivity index (χ1) is 8.46. The van der Waals surface area contributed by atoms with Gasteiger partial charge in [0, 0.05) is 12.7 Å². The summed E-state index contributed by atoms with van der Waals surface area (Å²) in [5.41, 5.74) is -0.175. The largest absolute Gasteiger partial charge is 0.508 e. The maximum atomic E-state index is 13.4. The monoisotopic (exact) mass is 275 g/mol. The Bertz CT molecular complexity index is 526. The molecule has 0 bridgehead atoms. The lowest BCUT2D eigenvalue weighted by molar-refractivity contribution is 0.127. The number of hydrogen-bond donors (Lipinski definition) is 2. The number of rotatable bonds is 4. The fourth-order valence-corrected chi connectivity index (χ4v) is 3.15. The molecule has 1 aliphatic heterocycles. The first kappa shape index (κ1) is 13.1. The van der Waals surface area contributed by atoms with E-state index in [1.54, 1.807) is 0 Å². The van der Waals surface area contributed by atoms with Crippen LogP contribution in [0, 0.1) is 5.82 Å². The third-order valence-corrected chi connectivity index (χ3v) is 3.99. The van der Waals surface area contributed by atoms with E-state index in [1.165, 1.54) is 12.1 Å². The van der Waals surface area contributed by atoms with Crippen LogP contribution in [-0.4, -0.2) is 32.0 Å². The van der Waals surface area contributed by atoms with Crippen LogP contribution >= 0.6 is 0 Å². The van der Waals surface area contributed by atoms with E-state index in [2.05, 4.69) is 4.72 Å². The molecule has 0 aliphatic carbocycles. The van der Waals surface area contributed by atoms with Gasteiger partial charge in [0.15, 0.2) is 5.82 Å². The van der Waals surface area contributed by atoms with E-state index >= 15 is 0 Å². The van der Waals surface area contributed by atoms with Crippen LogP contribution in [0.5, 0.6) is 5.75 Å². The zero-order chi connectivity index (χ0) is 13.2. The van der Waals surface area contributed by atoms with Gasteiger partial charge in [0.2, 0.25) is 10.0 Å². The summed E-state index contributed by atoms with van der Waals surface area (Å²) in [7, 11) is -3.65. The minimum absolute atomic E-state index is 0.175. The van der Waals surface area contributed by atoms with E-state index in [1.807, 2.05) is 0 Å². The molecule has 7 heteroatoms. The van der Waals surface area contributed by atoms with Crippen molar-refractivity contribution in [2.45, 2.75) is 18.9 Å². The average Bonchev–Trinajstić information content (AvgIpc) is 2.74. The van der Waals surface area contributed by atoms with Crippen LogP contribution in [-0.2, 0) is 14.8 Å². The molecule has 0 aromatic heterocycles. The summed E-state index contributed by atoms with van der Waals surface area (Å²) in [4.78, 5) is 0. The SMILES string of the molecule is O=S(=O)(CC1CCCO1)Nc1ccc(O)cc1F. The van der Waals surface area contributed by atoms with Crippen molar-refractivity contribution in [3.63, 3.8) is 0 Å².